The third-order valence-corrected chi connectivity index (χ3v) is 3.59. The van der Waals surface area contributed by atoms with Gasteiger partial charge in [0.25, 0.3) is 0 Å². The SMILES string of the molecule is COC1CCN(Cc2ccsc2)CC1. The van der Waals surface area contributed by atoms with Gasteiger partial charge in [0.15, 0.2) is 0 Å². The second-order valence-electron chi connectivity index (χ2n) is 3.84. The van der Waals surface area contributed by atoms with Gasteiger partial charge in [0.2, 0.25) is 0 Å². The Kier molecular flexibility index (Phi) is 3.56. The van der Waals surface area contributed by atoms with Gasteiger partial charge in [0.05, 0.1) is 6.10 Å². The van der Waals surface area contributed by atoms with Crippen molar-refractivity contribution in [2.75, 3.05) is 20.2 Å². The first-order valence-electron chi connectivity index (χ1n) is 5.14. The van der Waals surface area contributed by atoms with E-state index < -0.39 is 0 Å². The van der Waals surface area contributed by atoms with Gasteiger partial charge in [-0.2, -0.15) is 11.3 Å². The van der Waals surface area contributed by atoms with E-state index >= 15 is 0 Å². The molecule has 0 bridgehead atoms. The molecule has 2 nitrogen and oxygen atoms in total. The molecule has 0 unspecified atom stereocenters. The number of hydrogen-bond acceptors (Lipinski definition) is 3. The molecule has 0 aromatic carbocycles. The van der Waals surface area contributed by atoms with E-state index in [9.17, 15) is 0 Å². The first kappa shape index (κ1) is 10.1. The van der Waals surface area contributed by atoms with Gasteiger partial charge in [-0.1, -0.05) is 0 Å². The molecule has 0 amide bonds. The van der Waals surface area contributed by atoms with E-state index in [1.807, 2.05) is 7.11 Å². The highest BCUT2D eigenvalue weighted by molar-refractivity contribution is 7.07. The molecule has 1 aromatic heterocycles. The van der Waals surface area contributed by atoms with E-state index in [4.69, 9.17) is 4.74 Å². The molecule has 1 saturated heterocycles. The van der Waals surface area contributed by atoms with Crippen molar-refractivity contribution in [3.63, 3.8) is 0 Å². The standard InChI is InChI=1S/C11H17NOS/c1-13-11-2-5-12(6-3-11)8-10-4-7-14-9-10/h4,7,9,11H,2-3,5-6,8H2,1H3. The van der Waals surface area contributed by atoms with Crippen LogP contribution in [0.15, 0.2) is 16.8 Å². The number of methoxy groups -OCH3 is 1. The van der Waals surface area contributed by atoms with Crippen LogP contribution in [0.25, 0.3) is 0 Å². The lowest BCUT2D eigenvalue weighted by Gasteiger charge is -2.30. The molecule has 0 spiro atoms. The summed E-state index contributed by atoms with van der Waals surface area (Å²) in [4.78, 5) is 2.51. The second-order valence-corrected chi connectivity index (χ2v) is 4.62. The number of thiophene rings is 1. The van der Waals surface area contributed by atoms with Crippen LogP contribution in [0.1, 0.15) is 18.4 Å². The number of ether oxygens (including phenoxy) is 1. The summed E-state index contributed by atoms with van der Waals surface area (Å²) >= 11 is 1.78. The molecule has 0 radical (unpaired) electrons. The molecule has 1 aliphatic rings. The molecule has 1 aromatic rings. The van der Waals surface area contributed by atoms with Gasteiger partial charge < -0.3 is 4.74 Å². The zero-order valence-electron chi connectivity index (χ0n) is 8.61. The first-order chi connectivity index (χ1) is 6.88. The Morgan fingerprint density at radius 3 is 2.86 bits per heavy atom. The summed E-state index contributed by atoms with van der Waals surface area (Å²) in [6.45, 7) is 3.46. The summed E-state index contributed by atoms with van der Waals surface area (Å²) in [7, 11) is 1.82. The summed E-state index contributed by atoms with van der Waals surface area (Å²) in [6.07, 6.45) is 2.86. The van der Waals surface area contributed by atoms with Gasteiger partial charge in [-0.25, -0.2) is 0 Å². The molecule has 2 rings (SSSR count). The van der Waals surface area contributed by atoms with Crippen molar-refractivity contribution in [3.8, 4) is 0 Å². The minimum absolute atomic E-state index is 0.494. The van der Waals surface area contributed by atoms with E-state index in [1.54, 1.807) is 11.3 Å². The molecule has 0 N–H and O–H groups in total. The van der Waals surface area contributed by atoms with E-state index in [0.717, 1.165) is 6.54 Å². The van der Waals surface area contributed by atoms with Crippen molar-refractivity contribution in [1.29, 1.82) is 0 Å². The lowest BCUT2D eigenvalue weighted by atomic mass is 10.1. The highest BCUT2D eigenvalue weighted by Gasteiger charge is 2.18. The van der Waals surface area contributed by atoms with Crippen LogP contribution in [-0.4, -0.2) is 31.2 Å². The van der Waals surface area contributed by atoms with Gasteiger partial charge in [-0.15, -0.1) is 0 Å². The highest BCUT2D eigenvalue weighted by Crippen LogP contribution is 2.16. The lowest BCUT2D eigenvalue weighted by Crippen LogP contribution is -2.35. The zero-order chi connectivity index (χ0) is 9.80. The monoisotopic (exact) mass is 211 g/mol. The first-order valence-corrected chi connectivity index (χ1v) is 6.09. The highest BCUT2D eigenvalue weighted by atomic mass is 32.1. The Hall–Kier alpha value is -0.380. The summed E-state index contributed by atoms with van der Waals surface area (Å²) in [5.41, 5.74) is 1.45. The molecule has 78 valence electrons. The average Bonchev–Trinajstić information content (AvgIpc) is 2.72. The van der Waals surface area contributed by atoms with E-state index in [2.05, 4.69) is 21.7 Å². The van der Waals surface area contributed by atoms with Crippen LogP contribution in [0.5, 0.6) is 0 Å². The quantitative estimate of drug-likeness (QED) is 0.761. The topological polar surface area (TPSA) is 12.5 Å². The maximum Gasteiger partial charge on any atom is 0.0595 e. The van der Waals surface area contributed by atoms with Crippen molar-refractivity contribution in [2.24, 2.45) is 0 Å². The largest absolute Gasteiger partial charge is 0.381 e. The average molecular weight is 211 g/mol. The minimum Gasteiger partial charge on any atom is -0.381 e. The molecule has 1 fully saturated rings. The molecular formula is C11H17NOS. The lowest BCUT2D eigenvalue weighted by molar-refractivity contribution is 0.0389. The van der Waals surface area contributed by atoms with E-state index in [1.165, 1.54) is 31.5 Å². The summed E-state index contributed by atoms with van der Waals surface area (Å²) in [5.74, 6) is 0. The Bertz CT molecular complexity index is 252. The molecule has 3 heteroatoms. The van der Waals surface area contributed by atoms with Crippen LogP contribution in [0.3, 0.4) is 0 Å². The van der Waals surface area contributed by atoms with Crippen molar-refractivity contribution < 1.29 is 4.74 Å². The fraction of sp³-hybridized carbons (Fsp3) is 0.636. The number of rotatable bonds is 3. The van der Waals surface area contributed by atoms with E-state index in [-0.39, 0.29) is 0 Å². The molecule has 0 saturated carbocycles. The van der Waals surface area contributed by atoms with Crippen LogP contribution in [-0.2, 0) is 11.3 Å². The molecule has 2 heterocycles. The van der Waals surface area contributed by atoms with E-state index in [0.29, 0.717) is 6.10 Å². The minimum atomic E-state index is 0.494. The summed E-state index contributed by atoms with van der Waals surface area (Å²) < 4.78 is 5.35. The van der Waals surface area contributed by atoms with Crippen molar-refractivity contribution in [2.45, 2.75) is 25.5 Å². The van der Waals surface area contributed by atoms with Gasteiger partial charge in [0.1, 0.15) is 0 Å². The smallest absolute Gasteiger partial charge is 0.0595 e. The van der Waals surface area contributed by atoms with Crippen LogP contribution < -0.4 is 0 Å². The maximum absolute atomic E-state index is 5.35. The normalized spacial score (nSPS) is 20.1. The molecule has 14 heavy (non-hydrogen) atoms. The Morgan fingerprint density at radius 2 is 2.29 bits per heavy atom. The Balaban J connectivity index is 1.79. The van der Waals surface area contributed by atoms with Crippen LogP contribution in [0.4, 0.5) is 0 Å². The Morgan fingerprint density at radius 1 is 1.50 bits per heavy atom. The fourth-order valence-corrected chi connectivity index (χ4v) is 2.60. The number of hydrogen-bond donors (Lipinski definition) is 0. The molecule has 0 atom stereocenters. The van der Waals surface area contributed by atoms with Crippen LogP contribution in [0.2, 0.25) is 0 Å². The van der Waals surface area contributed by atoms with Gasteiger partial charge in [0, 0.05) is 26.7 Å². The zero-order valence-corrected chi connectivity index (χ0v) is 9.43. The van der Waals surface area contributed by atoms with Crippen molar-refractivity contribution >= 4 is 11.3 Å². The summed E-state index contributed by atoms with van der Waals surface area (Å²) in [5, 5.41) is 4.39. The number of nitrogens with zero attached hydrogens (tertiary/aromatic N) is 1. The second kappa shape index (κ2) is 4.91. The molecular weight excluding hydrogens is 194 g/mol. The van der Waals surface area contributed by atoms with Crippen molar-refractivity contribution in [1.82, 2.24) is 4.90 Å². The molecule has 0 aliphatic carbocycles. The van der Waals surface area contributed by atoms with Crippen LogP contribution >= 0.6 is 11.3 Å². The van der Waals surface area contributed by atoms with Gasteiger partial charge in [-0.3, -0.25) is 4.90 Å². The maximum atomic E-state index is 5.35. The number of likely N-dealkylation sites (tertiary alicyclic amines) is 1. The van der Waals surface area contributed by atoms with Crippen molar-refractivity contribution in [3.05, 3.63) is 22.4 Å². The van der Waals surface area contributed by atoms with Gasteiger partial charge in [-0.05, 0) is 35.2 Å². The number of piperidine rings is 1. The Labute approximate surface area is 89.5 Å². The van der Waals surface area contributed by atoms with Gasteiger partial charge >= 0.3 is 0 Å². The predicted octanol–water partition coefficient (Wildman–Crippen LogP) is 2.36. The van der Waals surface area contributed by atoms with Crippen LogP contribution in [0, 0.1) is 0 Å². The summed E-state index contributed by atoms with van der Waals surface area (Å²) in [6, 6.07) is 2.22. The fourth-order valence-electron chi connectivity index (χ4n) is 1.94. The third kappa shape index (κ3) is 2.56. The predicted molar refractivity (Wildman–Crippen MR) is 59.6 cm³/mol. The molecule has 1 aliphatic heterocycles. The third-order valence-electron chi connectivity index (χ3n) is 2.85.